The molecule has 0 bridgehead atoms. The normalized spacial score (nSPS) is 13.6. The molecule has 0 saturated carbocycles. The van der Waals surface area contributed by atoms with Crippen molar-refractivity contribution in [1.29, 1.82) is 0 Å². The first-order chi connectivity index (χ1) is 11.9. The van der Waals surface area contributed by atoms with Crippen LogP contribution in [0.4, 0.5) is 0 Å². The largest absolute Gasteiger partial charge is 0.398 e. The van der Waals surface area contributed by atoms with E-state index >= 15 is 0 Å². The highest BCUT2D eigenvalue weighted by molar-refractivity contribution is 7.09. The Morgan fingerprint density at radius 1 is 0.920 bits per heavy atom. The fourth-order valence-corrected chi connectivity index (χ4v) is 8.81. The molecule has 0 saturated heterocycles. The zero-order valence-corrected chi connectivity index (χ0v) is 17.1. The van der Waals surface area contributed by atoms with Gasteiger partial charge in [0.05, 0.1) is 6.10 Å². The topological polar surface area (TPSA) is 22.1 Å². The average molecular weight is 368 g/mol. The Labute approximate surface area is 155 Å². The molecule has 0 aliphatic rings. The van der Waals surface area contributed by atoms with Crippen LogP contribution in [0.2, 0.25) is 5.04 Å². The maximum absolute atomic E-state index is 7.01. The number of benzene rings is 2. The maximum atomic E-state index is 7.01. The minimum Gasteiger partial charge on any atom is -0.398 e. The van der Waals surface area contributed by atoms with E-state index in [-0.39, 0.29) is 11.1 Å². The summed E-state index contributed by atoms with van der Waals surface area (Å²) in [4.78, 5) is 4.49. The molecule has 0 amide bonds. The Hall–Kier alpha value is -1.75. The molecule has 0 aliphatic heterocycles. The number of rotatable bonds is 5. The summed E-state index contributed by atoms with van der Waals surface area (Å²) in [5.41, 5.74) is 0. The van der Waals surface area contributed by atoms with E-state index in [0.29, 0.717) is 0 Å². The zero-order chi connectivity index (χ0) is 17.9. The average Bonchev–Trinajstić information content (AvgIpc) is 3.15. The first-order valence-corrected chi connectivity index (χ1v) is 11.4. The van der Waals surface area contributed by atoms with Crippen molar-refractivity contribution in [2.24, 2.45) is 0 Å². The van der Waals surface area contributed by atoms with E-state index in [1.807, 2.05) is 11.6 Å². The van der Waals surface area contributed by atoms with Crippen molar-refractivity contribution in [2.75, 3.05) is 0 Å². The summed E-state index contributed by atoms with van der Waals surface area (Å²) in [7, 11) is -2.50. The van der Waals surface area contributed by atoms with Gasteiger partial charge in [-0.25, -0.2) is 4.98 Å². The second-order valence-electron chi connectivity index (χ2n) is 7.29. The Kier molecular flexibility index (Phi) is 5.23. The highest BCUT2D eigenvalue weighted by Crippen LogP contribution is 2.39. The van der Waals surface area contributed by atoms with Gasteiger partial charge in [-0.05, 0) is 22.3 Å². The monoisotopic (exact) mass is 367 g/mol. The van der Waals surface area contributed by atoms with E-state index in [2.05, 4.69) is 93.3 Å². The number of hydrogen-bond donors (Lipinski definition) is 0. The van der Waals surface area contributed by atoms with Crippen molar-refractivity contribution in [3.05, 3.63) is 77.2 Å². The molecular formula is C21H25NOSSi. The summed E-state index contributed by atoms with van der Waals surface area (Å²) >= 11 is 1.66. The van der Waals surface area contributed by atoms with Crippen LogP contribution in [0, 0.1) is 0 Å². The summed E-state index contributed by atoms with van der Waals surface area (Å²) in [5.74, 6) is 0. The molecule has 0 aliphatic carbocycles. The lowest BCUT2D eigenvalue weighted by Crippen LogP contribution is -2.66. The van der Waals surface area contributed by atoms with Crippen molar-refractivity contribution in [3.63, 3.8) is 0 Å². The van der Waals surface area contributed by atoms with Crippen LogP contribution in [0.25, 0.3) is 0 Å². The lowest BCUT2D eigenvalue weighted by molar-refractivity contribution is 0.210. The second kappa shape index (κ2) is 7.24. The molecule has 1 unspecified atom stereocenters. The van der Waals surface area contributed by atoms with E-state index in [1.165, 1.54) is 10.4 Å². The minimum absolute atomic E-state index is 0.0127. The third kappa shape index (κ3) is 3.47. The summed E-state index contributed by atoms with van der Waals surface area (Å²) < 4.78 is 7.01. The highest BCUT2D eigenvalue weighted by Gasteiger charge is 2.51. The third-order valence-corrected chi connectivity index (χ3v) is 10.6. The summed E-state index contributed by atoms with van der Waals surface area (Å²) in [5, 5.41) is 5.64. The Morgan fingerprint density at radius 2 is 1.44 bits per heavy atom. The van der Waals surface area contributed by atoms with Gasteiger partial charge in [0.25, 0.3) is 8.32 Å². The van der Waals surface area contributed by atoms with E-state index in [4.69, 9.17) is 4.43 Å². The smallest absolute Gasteiger partial charge is 0.262 e. The molecule has 130 valence electrons. The first-order valence-electron chi connectivity index (χ1n) is 8.63. The van der Waals surface area contributed by atoms with Crippen molar-refractivity contribution >= 4 is 30.0 Å². The highest BCUT2D eigenvalue weighted by atomic mass is 32.1. The number of nitrogens with zero attached hydrogens (tertiary/aromatic N) is 1. The van der Waals surface area contributed by atoms with E-state index in [0.717, 1.165) is 5.01 Å². The van der Waals surface area contributed by atoms with Gasteiger partial charge < -0.3 is 4.43 Å². The summed E-state index contributed by atoms with van der Waals surface area (Å²) in [6.45, 7) is 9.02. The second-order valence-corrected chi connectivity index (χ2v) is 12.5. The standard InChI is InChI=1S/C21H25NOSSi/c1-17(20-22-15-16-24-20)23-25(21(2,3)4,18-11-7-5-8-12-18)19-13-9-6-10-14-19/h5-17H,1-4H3. The Morgan fingerprint density at radius 3 is 1.84 bits per heavy atom. The van der Waals surface area contributed by atoms with Gasteiger partial charge in [0, 0.05) is 11.6 Å². The maximum Gasteiger partial charge on any atom is 0.262 e. The molecule has 2 aromatic carbocycles. The van der Waals surface area contributed by atoms with Crippen molar-refractivity contribution < 1.29 is 4.43 Å². The van der Waals surface area contributed by atoms with Gasteiger partial charge in [0.15, 0.2) is 0 Å². The van der Waals surface area contributed by atoms with Crippen LogP contribution in [-0.2, 0) is 4.43 Å². The third-order valence-electron chi connectivity index (χ3n) is 4.57. The predicted molar refractivity (Wildman–Crippen MR) is 109 cm³/mol. The van der Waals surface area contributed by atoms with Crippen LogP contribution < -0.4 is 10.4 Å². The van der Waals surface area contributed by atoms with Crippen LogP contribution in [-0.4, -0.2) is 13.3 Å². The van der Waals surface area contributed by atoms with Crippen molar-refractivity contribution in [1.82, 2.24) is 4.98 Å². The fourth-order valence-electron chi connectivity index (χ4n) is 3.44. The number of thiazole rings is 1. The molecule has 0 fully saturated rings. The molecule has 1 heterocycles. The quantitative estimate of drug-likeness (QED) is 0.605. The molecule has 3 aromatic rings. The molecule has 1 atom stereocenters. The predicted octanol–water partition coefficient (Wildman–Crippen LogP) is 4.78. The molecular weight excluding hydrogens is 342 g/mol. The lowest BCUT2D eigenvalue weighted by Gasteiger charge is -2.44. The van der Waals surface area contributed by atoms with Gasteiger partial charge in [-0.1, -0.05) is 81.4 Å². The first kappa shape index (κ1) is 18.1. The zero-order valence-electron chi connectivity index (χ0n) is 15.3. The number of hydrogen-bond acceptors (Lipinski definition) is 3. The molecule has 0 radical (unpaired) electrons. The van der Waals surface area contributed by atoms with Crippen molar-refractivity contribution in [3.8, 4) is 0 Å². The van der Waals surface area contributed by atoms with Crippen LogP contribution >= 0.6 is 11.3 Å². The number of aromatic nitrogens is 1. The molecule has 25 heavy (non-hydrogen) atoms. The molecule has 3 rings (SSSR count). The van der Waals surface area contributed by atoms with Gasteiger partial charge in [0.1, 0.15) is 5.01 Å². The van der Waals surface area contributed by atoms with E-state index in [1.54, 1.807) is 11.3 Å². The summed E-state index contributed by atoms with van der Waals surface area (Å²) in [6.07, 6.45) is 1.82. The molecule has 2 nitrogen and oxygen atoms in total. The molecule has 4 heteroatoms. The van der Waals surface area contributed by atoms with Crippen LogP contribution in [0.1, 0.15) is 38.8 Å². The summed E-state index contributed by atoms with van der Waals surface area (Å²) in [6, 6.07) is 21.5. The Bertz CT molecular complexity index is 742. The van der Waals surface area contributed by atoms with Crippen molar-refractivity contribution in [2.45, 2.75) is 38.8 Å². The van der Waals surface area contributed by atoms with E-state index in [9.17, 15) is 0 Å². The minimum atomic E-state index is -2.50. The van der Waals surface area contributed by atoms with Gasteiger partial charge in [-0.15, -0.1) is 11.3 Å². The Balaban J connectivity index is 2.19. The van der Waals surface area contributed by atoms with Crippen LogP contribution in [0.5, 0.6) is 0 Å². The van der Waals surface area contributed by atoms with Crippen LogP contribution in [0.3, 0.4) is 0 Å². The lowest BCUT2D eigenvalue weighted by atomic mass is 10.2. The van der Waals surface area contributed by atoms with E-state index < -0.39 is 8.32 Å². The molecule has 0 spiro atoms. The SMILES string of the molecule is CC(O[Si](c1ccccc1)(c1ccccc1)C(C)(C)C)c1nccs1. The molecule has 0 N–H and O–H groups in total. The van der Waals surface area contributed by atoms with Gasteiger partial charge in [-0.3, -0.25) is 0 Å². The van der Waals surface area contributed by atoms with Crippen LogP contribution in [0.15, 0.2) is 72.2 Å². The van der Waals surface area contributed by atoms with Gasteiger partial charge in [-0.2, -0.15) is 0 Å². The molecule has 1 aromatic heterocycles. The van der Waals surface area contributed by atoms with Gasteiger partial charge >= 0.3 is 0 Å². The van der Waals surface area contributed by atoms with Gasteiger partial charge in [0.2, 0.25) is 0 Å². The fraction of sp³-hybridized carbons (Fsp3) is 0.286.